The van der Waals surface area contributed by atoms with Crippen molar-refractivity contribution in [1.82, 2.24) is 9.78 Å². The summed E-state index contributed by atoms with van der Waals surface area (Å²) < 4.78 is 7.42. The number of aromatic nitrogens is 2. The summed E-state index contributed by atoms with van der Waals surface area (Å²) >= 11 is 0. The van der Waals surface area contributed by atoms with E-state index >= 15 is 0 Å². The van der Waals surface area contributed by atoms with Crippen molar-refractivity contribution < 1.29 is 9.52 Å². The Bertz CT molecular complexity index is 697. The largest absolute Gasteiger partial charge is 0.459 e. The van der Waals surface area contributed by atoms with Gasteiger partial charge in [-0.15, -0.1) is 0 Å². The highest BCUT2D eigenvalue weighted by Gasteiger charge is 2.12. The van der Waals surface area contributed by atoms with E-state index in [0.29, 0.717) is 12.3 Å². The van der Waals surface area contributed by atoms with Gasteiger partial charge >= 0.3 is 0 Å². The first-order valence-corrected chi connectivity index (χ1v) is 5.92. The van der Waals surface area contributed by atoms with E-state index in [1.807, 2.05) is 36.0 Å². The van der Waals surface area contributed by atoms with Crippen LogP contribution in [-0.4, -0.2) is 20.9 Å². The molecule has 0 aliphatic heterocycles. The van der Waals surface area contributed by atoms with Gasteiger partial charge in [-0.3, -0.25) is 4.68 Å². The van der Waals surface area contributed by atoms with Crippen molar-refractivity contribution in [1.29, 1.82) is 0 Å². The molecule has 0 bridgehead atoms. The molecule has 18 heavy (non-hydrogen) atoms. The molecular formula is C13H15N3O2. The van der Waals surface area contributed by atoms with Crippen LogP contribution in [0.25, 0.3) is 21.9 Å². The molecular weight excluding hydrogens is 230 g/mol. The van der Waals surface area contributed by atoms with E-state index in [4.69, 9.17) is 15.3 Å². The fourth-order valence-corrected chi connectivity index (χ4v) is 2.24. The van der Waals surface area contributed by atoms with Crippen molar-refractivity contribution in [2.24, 2.45) is 5.73 Å². The SMILES string of the molecule is CC(N)Cn1ncc2ccc3oc(CO)cc3c21. The molecule has 3 aromatic rings. The van der Waals surface area contributed by atoms with Gasteiger partial charge in [0, 0.05) is 16.8 Å². The Labute approximate surface area is 104 Å². The van der Waals surface area contributed by atoms with Gasteiger partial charge in [0.05, 0.1) is 18.3 Å². The Morgan fingerprint density at radius 3 is 3.06 bits per heavy atom. The summed E-state index contributed by atoms with van der Waals surface area (Å²) in [5, 5.41) is 15.5. The molecule has 1 aromatic carbocycles. The highest BCUT2D eigenvalue weighted by atomic mass is 16.4. The standard InChI is InChI=1S/C13H15N3O2/c1-8(14)6-16-13-9(5-15-16)2-3-12-11(13)4-10(7-17)18-12/h2-5,8,17H,6-7,14H2,1H3. The predicted molar refractivity (Wildman–Crippen MR) is 69.1 cm³/mol. The van der Waals surface area contributed by atoms with Gasteiger partial charge in [0.25, 0.3) is 0 Å². The molecule has 1 unspecified atom stereocenters. The van der Waals surface area contributed by atoms with E-state index in [1.54, 1.807) is 0 Å². The second-order valence-corrected chi connectivity index (χ2v) is 4.59. The van der Waals surface area contributed by atoms with Crippen LogP contribution in [0.5, 0.6) is 0 Å². The lowest BCUT2D eigenvalue weighted by molar-refractivity contribution is 0.251. The van der Waals surface area contributed by atoms with Crippen molar-refractivity contribution >= 4 is 21.9 Å². The van der Waals surface area contributed by atoms with Crippen LogP contribution in [0.1, 0.15) is 12.7 Å². The molecule has 2 aromatic heterocycles. The molecule has 0 amide bonds. The number of hydrogen-bond donors (Lipinski definition) is 2. The zero-order valence-electron chi connectivity index (χ0n) is 10.1. The number of hydrogen-bond acceptors (Lipinski definition) is 4. The van der Waals surface area contributed by atoms with Crippen molar-refractivity contribution in [3.8, 4) is 0 Å². The molecule has 5 heteroatoms. The van der Waals surface area contributed by atoms with Gasteiger partial charge in [-0.25, -0.2) is 0 Å². The van der Waals surface area contributed by atoms with E-state index in [-0.39, 0.29) is 12.6 Å². The highest BCUT2D eigenvalue weighted by Crippen LogP contribution is 2.28. The minimum absolute atomic E-state index is 0.0348. The molecule has 0 aliphatic rings. The second kappa shape index (κ2) is 4.12. The summed E-state index contributed by atoms with van der Waals surface area (Å²) in [7, 11) is 0. The van der Waals surface area contributed by atoms with E-state index in [9.17, 15) is 0 Å². The molecule has 3 N–H and O–H groups in total. The first kappa shape index (κ1) is 11.3. The molecule has 0 saturated carbocycles. The number of nitrogens with two attached hydrogens (primary N) is 1. The number of furan rings is 1. The zero-order valence-corrected chi connectivity index (χ0v) is 10.1. The zero-order chi connectivity index (χ0) is 12.7. The van der Waals surface area contributed by atoms with Gasteiger partial charge in [-0.05, 0) is 25.1 Å². The maximum Gasteiger partial charge on any atom is 0.136 e. The lowest BCUT2D eigenvalue weighted by Crippen LogP contribution is -2.22. The maximum absolute atomic E-state index is 9.14. The van der Waals surface area contributed by atoms with Gasteiger partial charge in [0.2, 0.25) is 0 Å². The van der Waals surface area contributed by atoms with Crippen LogP contribution < -0.4 is 5.73 Å². The van der Waals surface area contributed by atoms with Gasteiger partial charge < -0.3 is 15.3 Å². The molecule has 94 valence electrons. The monoisotopic (exact) mass is 245 g/mol. The second-order valence-electron chi connectivity index (χ2n) is 4.59. The summed E-state index contributed by atoms with van der Waals surface area (Å²) in [5.41, 5.74) is 7.60. The summed E-state index contributed by atoms with van der Waals surface area (Å²) in [6.07, 6.45) is 1.82. The Morgan fingerprint density at radius 2 is 2.33 bits per heavy atom. The van der Waals surface area contributed by atoms with Gasteiger partial charge in [-0.2, -0.15) is 5.10 Å². The Kier molecular flexibility index (Phi) is 2.57. The normalized spacial score (nSPS) is 13.5. The van der Waals surface area contributed by atoms with Crippen LogP contribution in [0.2, 0.25) is 0 Å². The molecule has 3 rings (SSSR count). The minimum Gasteiger partial charge on any atom is -0.459 e. The molecule has 0 aliphatic carbocycles. The summed E-state index contributed by atoms with van der Waals surface area (Å²) in [5.74, 6) is 0.561. The molecule has 2 heterocycles. The number of fused-ring (bicyclic) bond motifs is 3. The highest BCUT2D eigenvalue weighted by molar-refractivity contribution is 6.03. The van der Waals surface area contributed by atoms with Crippen LogP contribution in [0.15, 0.2) is 28.8 Å². The number of aliphatic hydroxyl groups excluding tert-OH is 1. The third-order valence-electron chi connectivity index (χ3n) is 2.97. The summed E-state index contributed by atoms with van der Waals surface area (Å²) in [6, 6.07) is 5.76. The molecule has 0 spiro atoms. The minimum atomic E-state index is -0.0996. The maximum atomic E-state index is 9.14. The first-order valence-electron chi connectivity index (χ1n) is 5.92. The van der Waals surface area contributed by atoms with Crippen LogP contribution in [0, 0.1) is 0 Å². The number of nitrogens with zero attached hydrogens (tertiary/aromatic N) is 2. The van der Waals surface area contributed by atoms with E-state index in [1.165, 1.54) is 0 Å². The molecule has 1 atom stereocenters. The third-order valence-corrected chi connectivity index (χ3v) is 2.97. The van der Waals surface area contributed by atoms with Crippen LogP contribution in [-0.2, 0) is 13.2 Å². The van der Waals surface area contributed by atoms with Crippen molar-refractivity contribution in [3.05, 3.63) is 30.2 Å². The summed E-state index contributed by atoms with van der Waals surface area (Å²) in [6.45, 7) is 2.50. The number of benzene rings is 1. The van der Waals surface area contributed by atoms with Crippen molar-refractivity contribution in [3.63, 3.8) is 0 Å². The third kappa shape index (κ3) is 1.68. The van der Waals surface area contributed by atoms with Gasteiger partial charge in [-0.1, -0.05) is 0 Å². The van der Waals surface area contributed by atoms with E-state index in [0.717, 1.165) is 21.9 Å². The lowest BCUT2D eigenvalue weighted by Gasteiger charge is -2.06. The molecule has 5 nitrogen and oxygen atoms in total. The van der Waals surface area contributed by atoms with E-state index < -0.39 is 0 Å². The van der Waals surface area contributed by atoms with Gasteiger partial charge in [0.1, 0.15) is 18.0 Å². The topological polar surface area (TPSA) is 77.2 Å². The molecule has 0 fully saturated rings. The average Bonchev–Trinajstić information content (AvgIpc) is 2.91. The summed E-state index contributed by atoms with van der Waals surface area (Å²) in [4.78, 5) is 0. The first-order chi connectivity index (χ1) is 8.69. The lowest BCUT2D eigenvalue weighted by atomic mass is 10.2. The Hall–Kier alpha value is -1.85. The van der Waals surface area contributed by atoms with Crippen LogP contribution in [0.3, 0.4) is 0 Å². The smallest absolute Gasteiger partial charge is 0.136 e. The molecule has 0 radical (unpaired) electrons. The van der Waals surface area contributed by atoms with Gasteiger partial charge in [0.15, 0.2) is 0 Å². The van der Waals surface area contributed by atoms with Crippen LogP contribution >= 0.6 is 0 Å². The number of aliphatic hydroxyl groups is 1. The fourth-order valence-electron chi connectivity index (χ4n) is 2.24. The Balaban J connectivity index is 2.29. The average molecular weight is 245 g/mol. The fraction of sp³-hybridized carbons (Fsp3) is 0.308. The van der Waals surface area contributed by atoms with Crippen molar-refractivity contribution in [2.45, 2.75) is 26.1 Å². The predicted octanol–water partition coefficient (Wildman–Crippen LogP) is 1.62. The Morgan fingerprint density at radius 1 is 1.50 bits per heavy atom. The van der Waals surface area contributed by atoms with E-state index in [2.05, 4.69) is 5.10 Å². The number of rotatable bonds is 3. The molecule has 0 saturated heterocycles. The van der Waals surface area contributed by atoms with Crippen molar-refractivity contribution in [2.75, 3.05) is 0 Å². The quantitative estimate of drug-likeness (QED) is 0.735. The van der Waals surface area contributed by atoms with Crippen LogP contribution in [0.4, 0.5) is 0 Å².